The van der Waals surface area contributed by atoms with E-state index in [1.165, 1.54) is 6.42 Å². The predicted octanol–water partition coefficient (Wildman–Crippen LogP) is 2.98. The molecule has 2 heterocycles. The Balaban J connectivity index is 1.55. The van der Waals surface area contributed by atoms with Crippen LogP contribution in [-0.4, -0.2) is 46.2 Å². The number of nitrogens with one attached hydrogen (secondary N) is 2. The lowest BCUT2D eigenvalue weighted by molar-refractivity contribution is -0.121. The number of carbonyl (C=O) groups is 1. The molecule has 0 radical (unpaired) electrons. The van der Waals surface area contributed by atoms with Crippen molar-refractivity contribution in [3.05, 3.63) is 30.0 Å². The zero-order chi connectivity index (χ0) is 18.0. The molecule has 1 aromatic heterocycles. The van der Waals surface area contributed by atoms with E-state index in [4.69, 9.17) is 0 Å². The second kappa shape index (κ2) is 7.16. The first-order valence-electron chi connectivity index (χ1n) is 9.27. The monoisotopic (exact) mass is 342 g/mol. The second-order valence-electron chi connectivity index (χ2n) is 8.41. The van der Waals surface area contributed by atoms with E-state index < -0.39 is 0 Å². The van der Waals surface area contributed by atoms with Gasteiger partial charge in [-0.3, -0.25) is 14.8 Å². The molecule has 136 valence electrons. The van der Waals surface area contributed by atoms with E-state index >= 15 is 0 Å². The molecule has 1 saturated heterocycles. The summed E-state index contributed by atoms with van der Waals surface area (Å²) in [5, 5.41) is 11.1. The number of carbonyl (C=O) groups excluding carboxylic acids is 1. The standard InChI is InChI=1S/C20H30N4O/c1-14-7-15(2)12-24(11-14)20(3,4)13-21-19(25)9-16-5-6-18-17(8-16)10-22-23-18/h5-6,8,10,14-15H,7,9,11-13H2,1-4H3,(H,21,25)(H,22,23). The van der Waals surface area contributed by atoms with Crippen LogP contribution in [0.4, 0.5) is 0 Å². The van der Waals surface area contributed by atoms with Crippen LogP contribution in [0.1, 0.15) is 39.7 Å². The number of hydrogen-bond acceptors (Lipinski definition) is 3. The van der Waals surface area contributed by atoms with Crippen LogP contribution in [0.2, 0.25) is 0 Å². The maximum absolute atomic E-state index is 12.4. The molecule has 2 aromatic rings. The molecule has 2 N–H and O–H groups in total. The Hall–Kier alpha value is -1.88. The van der Waals surface area contributed by atoms with Gasteiger partial charge in [0.05, 0.1) is 18.1 Å². The third kappa shape index (κ3) is 4.40. The van der Waals surface area contributed by atoms with Crippen LogP contribution in [0.15, 0.2) is 24.4 Å². The summed E-state index contributed by atoms with van der Waals surface area (Å²) in [7, 11) is 0. The Morgan fingerprint density at radius 3 is 2.76 bits per heavy atom. The van der Waals surface area contributed by atoms with Gasteiger partial charge in [0.15, 0.2) is 0 Å². The number of likely N-dealkylation sites (tertiary alicyclic amines) is 1. The van der Waals surface area contributed by atoms with Crippen molar-refractivity contribution >= 4 is 16.8 Å². The van der Waals surface area contributed by atoms with Gasteiger partial charge in [-0.15, -0.1) is 0 Å². The molecule has 1 aromatic carbocycles. The Kier molecular flexibility index (Phi) is 5.13. The number of amides is 1. The van der Waals surface area contributed by atoms with Crippen molar-refractivity contribution in [1.29, 1.82) is 0 Å². The fourth-order valence-electron chi connectivity index (χ4n) is 3.93. The molecule has 0 aliphatic carbocycles. The SMILES string of the molecule is CC1CC(C)CN(C(C)(C)CNC(=O)Cc2ccc3[nH]ncc3c2)C1. The first-order valence-corrected chi connectivity index (χ1v) is 9.27. The van der Waals surface area contributed by atoms with Crippen LogP contribution < -0.4 is 5.32 Å². The lowest BCUT2D eigenvalue weighted by Crippen LogP contribution is -2.56. The zero-order valence-electron chi connectivity index (χ0n) is 15.8. The van der Waals surface area contributed by atoms with Gasteiger partial charge in [0, 0.05) is 30.6 Å². The van der Waals surface area contributed by atoms with Crippen molar-refractivity contribution in [2.75, 3.05) is 19.6 Å². The average molecular weight is 342 g/mol. The largest absolute Gasteiger partial charge is 0.354 e. The summed E-state index contributed by atoms with van der Waals surface area (Å²) in [6.45, 7) is 12.0. The topological polar surface area (TPSA) is 61.0 Å². The summed E-state index contributed by atoms with van der Waals surface area (Å²) < 4.78 is 0. The number of piperidine rings is 1. The first-order chi connectivity index (χ1) is 11.8. The van der Waals surface area contributed by atoms with Gasteiger partial charge >= 0.3 is 0 Å². The highest BCUT2D eigenvalue weighted by Gasteiger charge is 2.32. The van der Waals surface area contributed by atoms with Gasteiger partial charge < -0.3 is 5.32 Å². The number of fused-ring (bicyclic) bond motifs is 1. The van der Waals surface area contributed by atoms with Crippen LogP contribution in [0.5, 0.6) is 0 Å². The Labute approximate surface area is 150 Å². The number of aromatic amines is 1. The highest BCUT2D eigenvalue weighted by atomic mass is 16.1. The van der Waals surface area contributed by atoms with E-state index in [9.17, 15) is 4.79 Å². The molecule has 2 unspecified atom stereocenters. The molecular weight excluding hydrogens is 312 g/mol. The molecule has 0 saturated carbocycles. The molecule has 25 heavy (non-hydrogen) atoms. The van der Waals surface area contributed by atoms with Crippen LogP contribution in [-0.2, 0) is 11.2 Å². The summed E-state index contributed by atoms with van der Waals surface area (Å²) in [6, 6.07) is 5.99. The molecule has 1 amide bonds. The summed E-state index contributed by atoms with van der Waals surface area (Å²) in [4.78, 5) is 14.9. The van der Waals surface area contributed by atoms with Crippen molar-refractivity contribution in [2.45, 2.75) is 46.1 Å². The quantitative estimate of drug-likeness (QED) is 0.878. The maximum Gasteiger partial charge on any atom is 0.224 e. The van der Waals surface area contributed by atoms with E-state index in [1.807, 2.05) is 18.2 Å². The molecule has 0 spiro atoms. The minimum absolute atomic E-state index is 0.0207. The Morgan fingerprint density at radius 2 is 2.04 bits per heavy atom. The smallest absolute Gasteiger partial charge is 0.224 e. The maximum atomic E-state index is 12.4. The summed E-state index contributed by atoms with van der Waals surface area (Å²) in [6.07, 6.45) is 3.50. The van der Waals surface area contributed by atoms with E-state index in [0.717, 1.165) is 41.4 Å². The third-order valence-electron chi connectivity index (χ3n) is 5.31. The summed E-state index contributed by atoms with van der Waals surface area (Å²) >= 11 is 0. The van der Waals surface area contributed by atoms with Gasteiger partial charge in [0.25, 0.3) is 0 Å². The van der Waals surface area contributed by atoms with Gasteiger partial charge in [0.1, 0.15) is 0 Å². The predicted molar refractivity (Wildman–Crippen MR) is 101 cm³/mol. The average Bonchev–Trinajstić information content (AvgIpc) is 3.00. The number of hydrogen-bond donors (Lipinski definition) is 2. The van der Waals surface area contributed by atoms with E-state index in [-0.39, 0.29) is 11.4 Å². The number of nitrogens with zero attached hydrogens (tertiary/aromatic N) is 2. The van der Waals surface area contributed by atoms with Gasteiger partial charge in [-0.1, -0.05) is 19.9 Å². The van der Waals surface area contributed by atoms with Crippen LogP contribution in [0.25, 0.3) is 10.9 Å². The van der Waals surface area contributed by atoms with E-state index in [2.05, 4.69) is 48.1 Å². The molecule has 1 fully saturated rings. The number of benzene rings is 1. The van der Waals surface area contributed by atoms with Crippen molar-refractivity contribution in [3.8, 4) is 0 Å². The van der Waals surface area contributed by atoms with Gasteiger partial charge in [-0.25, -0.2) is 0 Å². The molecule has 5 nitrogen and oxygen atoms in total. The number of rotatable bonds is 5. The molecule has 0 bridgehead atoms. The lowest BCUT2D eigenvalue weighted by Gasteiger charge is -2.45. The van der Waals surface area contributed by atoms with E-state index in [1.54, 1.807) is 6.20 Å². The normalized spacial score (nSPS) is 22.2. The molecule has 1 aliphatic heterocycles. The van der Waals surface area contributed by atoms with Crippen LogP contribution in [0.3, 0.4) is 0 Å². The lowest BCUT2D eigenvalue weighted by atomic mass is 9.88. The van der Waals surface area contributed by atoms with Crippen LogP contribution >= 0.6 is 0 Å². The van der Waals surface area contributed by atoms with Crippen molar-refractivity contribution in [2.24, 2.45) is 11.8 Å². The van der Waals surface area contributed by atoms with Crippen molar-refractivity contribution in [3.63, 3.8) is 0 Å². The van der Waals surface area contributed by atoms with Crippen LogP contribution in [0, 0.1) is 11.8 Å². The molecular formula is C20H30N4O. The fraction of sp³-hybridized carbons (Fsp3) is 0.600. The number of aromatic nitrogens is 2. The second-order valence-corrected chi connectivity index (χ2v) is 8.41. The van der Waals surface area contributed by atoms with Gasteiger partial charge in [-0.05, 0) is 49.8 Å². The zero-order valence-corrected chi connectivity index (χ0v) is 15.8. The first kappa shape index (κ1) is 17.9. The highest BCUT2D eigenvalue weighted by Crippen LogP contribution is 2.26. The number of H-pyrrole nitrogens is 1. The Morgan fingerprint density at radius 1 is 1.32 bits per heavy atom. The molecule has 1 aliphatic rings. The molecule has 5 heteroatoms. The summed E-state index contributed by atoms with van der Waals surface area (Å²) in [5.74, 6) is 1.52. The van der Waals surface area contributed by atoms with Crippen molar-refractivity contribution < 1.29 is 4.79 Å². The fourth-order valence-corrected chi connectivity index (χ4v) is 3.93. The molecule has 3 rings (SSSR count). The summed E-state index contributed by atoms with van der Waals surface area (Å²) in [5.41, 5.74) is 2.00. The Bertz CT molecular complexity index is 726. The van der Waals surface area contributed by atoms with Gasteiger partial charge in [0.2, 0.25) is 5.91 Å². The minimum atomic E-state index is -0.0207. The molecule has 2 atom stereocenters. The highest BCUT2D eigenvalue weighted by molar-refractivity contribution is 5.82. The van der Waals surface area contributed by atoms with E-state index in [0.29, 0.717) is 13.0 Å². The van der Waals surface area contributed by atoms with Crippen molar-refractivity contribution in [1.82, 2.24) is 20.4 Å². The minimum Gasteiger partial charge on any atom is -0.354 e. The van der Waals surface area contributed by atoms with Gasteiger partial charge in [-0.2, -0.15) is 5.10 Å². The third-order valence-corrected chi connectivity index (χ3v) is 5.31.